The molecule has 1 saturated heterocycles. The van der Waals surface area contributed by atoms with Gasteiger partial charge in [-0.2, -0.15) is 0 Å². The van der Waals surface area contributed by atoms with Crippen molar-refractivity contribution in [2.45, 2.75) is 25.7 Å². The second-order valence-electron chi connectivity index (χ2n) is 6.38. The zero-order valence-corrected chi connectivity index (χ0v) is 12.8. The van der Waals surface area contributed by atoms with Gasteiger partial charge in [0.15, 0.2) is 17.3 Å². The summed E-state index contributed by atoms with van der Waals surface area (Å²) in [7, 11) is 2.27. The largest absolute Gasteiger partial charge is 0.486 e. The quantitative estimate of drug-likeness (QED) is 0.632. The molecule has 0 radical (unpaired) electrons. The Bertz CT molecular complexity index is 521. The van der Waals surface area contributed by atoms with E-state index < -0.39 is 0 Å². The second-order valence-corrected chi connectivity index (χ2v) is 6.38. The standard InChI is InChI=1S/C17H24NO3/c1-18(8-3-2-4-9-18)10-7-15(19)14-5-6-16-17(13-14)21-12-11-20-16/h5-6,13H,2-4,7-12H2,1H3/q+1. The van der Waals surface area contributed by atoms with Gasteiger partial charge in [0.25, 0.3) is 0 Å². The Morgan fingerprint density at radius 3 is 2.57 bits per heavy atom. The zero-order chi connectivity index (χ0) is 14.7. The van der Waals surface area contributed by atoms with Crippen molar-refractivity contribution >= 4 is 5.78 Å². The van der Waals surface area contributed by atoms with E-state index in [1.54, 1.807) is 0 Å². The van der Waals surface area contributed by atoms with Gasteiger partial charge in [0.2, 0.25) is 0 Å². The predicted molar refractivity (Wildman–Crippen MR) is 81.0 cm³/mol. The number of likely N-dealkylation sites (tertiary alicyclic amines) is 1. The van der Waals surface area contributed by atoms with Crippen LogP contribution in [0.5, 0.6) is 11.5 Å². The van der Waals surface area contributed by atoms with Gasteiger partial charge < -0.3 is 14.0 Å². The lowest BCUT2D eigenvalue weighted by molar-refractivity contribution is -0.913. The highest BCUT2D eigenvalue weighted by Gasteiger charge is 2.25. The van der Waals surface area contributed by atoms with Gasteiger partial charge in [0, 0.05) is 5.56 Å². The van der Waals surface area contributed by atoms with Crippen molar-refractivity contribution in [1.29, 1.82) is 0 Å². The van der Waals surface area contributed by atoms with Gasteiger partial charge in [-0.25, -0.2) is 0 Å². The molecule has 2 aliphatic rings. The lowest BCUT2D eigenvalue weighted by Gasteiger charge is -2.37. The molecule has 2 heterocycles. The minimum atomic E-state index is 0.205. The third-order valence-corrected chi connectivity index (χ3v) is 4.64. The van der Waals surface area contributed by atoms with Gasteiger partial charge in [-0.3, -0.25) is 4.79 Å². The van der Waals surface area contributed by atoms with Crippen molar-refractivity contribution in [2.75, 3.05) is 39.9 Å². The van der Waals surface area contributed by atoms with Crippen LogP contribution in [0.1, 0.15) is 36.0 Å². The van der Waals surface area contributed by atoms with Crippen LogP contribution in [-0.4, -0.2) is 50.2 Å². The Balaban J connectivity index is 1.62. The highest BCUT2D eigenvalue weighted by atomic mass is 16.6. The molecule has 114 valence electrons. The molecule has 4 heteroatoms. The molecule has 3 rings (SSSR count). The Kier molecular flexibility index (Phi) is 4.15. The minimum absolute atomic E-state index is 0.205. The van der Waals surface area contributed by atoms with Crippen LogP contribution in [0, 0.1) is 0 Å². The molecule has 1 aromatic carbocycles. The molecular weight excluding hydrogens is 266 g/mol. The molecule has 0 atom stereocenters. The van der Waals surface area contributed by atoms with Crippen LogP contribution in [0.25, 0.3) is 0 Å². The molecule has 0 saturated carbocycles. The monoisotopic (exact) mass is 290 g/mol. The number of piperidine rings is 1. The third kappa shape index (κ3) is 3.38. The molecule has 0 unspecified atom stereocenters. The van der Waals surface area contributed by atoms with E-state index in [0.29, 0.717) is 25.4 Å². The molecule has 0 aromatic heterocycles. The summed E-state index contributed by atoms with van der Waals surface area (Å²) in [6, 6.07) is 5.53. The summed E-state index contributed by atoms with van der Waals surface area (Å²) in [6.45, 7) is 4.48. The number of Topliss-reactive ketones (excluding diaryl/α,β-unsaturated/α-hetero) is 1. The molecule has 2 aliphatic heterocycles. The fraction of sp³-hybridized carbons (Fsp3) is 0.588. The van der Waals surface area contributed by atoms with Crippen LogP contribution < -0.4 is 9.47 Å². The highest BCUT2D eigenvalue weighted by Crippen LogP contribution is 2.31. The number of benzene rings is 1. The third-order valence-electron chi connectivity index (χ3n) is 4.64. The number of hydrogen-bond donors (Lipinski definition) is 0. The van der Waals surface area contributed by atoms with E-state index in [4.69, 9.17) is 9.47 Å². The van der Waals surface area contributed by atoms with Crippen molar-refractivity contribution in [3.63, 3.8) is 0 Å². The van der Waals surface area contributed by atoms with Crippen molar-refractivity contribution in [2.24, 2.45) is 0 Å². The maximum absolute atomic E-state index is 12.4. The van der Waals surface area contributed by atoms with E-state index in [-0.39, 0.29) is 5.78 Å². The average molecular weight is 290 g/mol. The van der Waals surface area contributed by atoms with Crippen LogP contribution in [0.15, 0.2) is 18.2 Å². The lowest BCUT2D eigenvalue weighted by atomic mass is 10.0. The van der Waals surface area contributed by atoms with Crippen molar-refractivity contribution < 1.29 is 18.8 Å². The fourth-order valence-corrected chi connectivity index (χ4v) is 3.23. The van der Waals surface area contributed by atoms with Crippen molar-refractivity contribution in [3.8, 4) is 11.5 Å². The first-order valence-corrected chi connectivity index (χ1v) is 7.93. The second kappa shape index (κ2) is 6.06. The number of carbonyl (C=O) groups excluding carboxylic acids is 1. The van der Waals surface area contributed by atoms with Crippen molar-refractivity contribution in [1.82, 2.24) is 0 Å². The fourth-order valence-electron chi connectivity index (χ4n) is 3.23. The molecule has 1 fully saturated rings. The van der Waals surface area contributed by atoms with E-state index in [1.807, 2.05) is 18.2 Å². The number of rotatable bonds is 4. The zero-order valence-electron chi connectivity index (χ0n) is 12.8. The maximum atomic E-state index is 12.4. The Labute approximate surface area is 126 Å². The first-order valence-electron chi connectivity index (χ1n) is 7.93. The first kappa shape index (κ1) is 14.4. The van der Waals surface area contributed by atoms with Gasteiger partial charge in [0.1, 0.15) is 13.2 Å². The van der Waals surface area contributed by atoms with Gasteiger partial charge >= 0.3 is 0 Å². The molecule has 4 nitrogen and oxygen atoms in total. The van der Waals surface area contributed by atoms with Crippen molar-refractivity contribution in [3.05, 3.63) is 23.8 Å². The molecule has 0 spiro atoms. The number of carbonyl (C=O) groups is 1. The van der Waals surface area contributed by atoms with Gasteiger partial charge in [-0.15, -0.1) is 0 Å². The number of nitrogens with zero attached hydrogens (tertiary/aromatic N) is 1. The number of ether oxygens (including phenoxy) is 2. The molecule has 0 amide bonds. The van der Waals surface area contributed by atoms with Crippen LogP contribution in [0.4, 0.5) is 0 Å². The lowest BCUT2D eigenvalue weighted by Crippen LogP contribution is -2.48. The topological polar surface area (TPSA) is 35.5 Å². The average Bonchev–Trinajstić information content (AvgIpc) is 2.53. The van der Waals surface area contributed by atoms with E-state index in [1.165, 1.54) is 32.4 Å². The summed E-state index contributed by atoms with van der Waals surface area (Å²) >= 11 is 0. The first-order chi connectivity index (χ1) is 10.2. The highest BCUT2D eigenvalue weighted by molar-refractivity contribution is 5.96. The molecule has 0 N–H and O–H groups in total. The Morgan fingerprint density at radius 1 is 1.10 bits per heavy atom. The predicted octanol–water partition coefficient (Wildman–Crippen LogP) is 2.66. The number of hydrogen-bond acceptors (Lipinski definition) is 3. The van der Waals surface area contributed by atoms with Gasteiger partial charge in [0.05, 0.1) is 33.1 Å². The van der Waals surface area contributed by atoms with E-state index in [9.17, 15) is 4.79 Å². The summed E-state index contributed by atoms with van der Waals surface area (Å²) in [4.78, 5) is 12.4. The summed E-state index contributed by atoms with van der Waals surface area (Å²) in [5.74, 6) is 1.65. The SMILES string of the molecule is C[N+]1(CCC(=O)c2ccc3c(c2)OCCO3)CCCCC1. The summed E-state index contributed by atoms with van der Waals surface area (Å²) in [6.07, 6.45) is 4.52. The smallest absolute Gasteiger partial charge is 0.168 e. The maximum Gasteiger partial charge on any atom is 0.168 e. The molecule has 0 aliphatic carbocycles. The molecule has 21 heavy (non-hydrogen) atoms. The van der Waals surface area contributed by atoms with Gasteiger partial charge in [-0.1, -0.05) is 0 Å². The number of quaternary nitrogens is 1. The van der Waals surface area contributed by atoms with Crippen LogP contribution in [0.2, 0.25) is 0 Å². The van der Waals surface area contributed by atoms with Crippen LogP contribution in [-0.2, 0) is 0 Å². The molecule has 1 aromatic rings. The summed E-state index contributed by atoms with van der Waals surface area (Å²) in [5.41, 5.74) is 0.739. The normalized spacial score (nSPS) is 20.0. The van der Waals surface area contributed by atoms with E-state index in [0.717, 1.165) is 22.3 Å². The Morgan fingerprint density at radius 2 is 1.81 bits per heavy atom. The number of fused-ring (bicyclic) bond motifs is 1. The number of ketones is 1. The van der Waals surface area contributed by atoms with Crippen LogP contribution >= 0.6 is 0 Å². The van der Waals surface area contributed by atoms with Gasteiger partial charge in [-0.05, 0) is 37.5 Å². The van der Waals surface area contributed by atoms with E-state index >= 15 is 0 Å². The summed E-state index contributed by atoms with van der Waals surface area (Å²) < 4.78 is 12.1. The minimum Gasteiger partial charge on any atom is -0.486 e. The molecular formula is C17H24NO3+. The van der Waals surface area contributed by atoms with Crippen LogP contribution in [0.3, 0.4) is 0 Å². The summed E-state index contributed by atoms with van der Waals surface area (Å²) in [5, 5.41) is 0. The molecule has 0 bridgehead atoms. The van der Waals surface area contributed by atoms with E-state index in [2.05, 4.69) is 7.05 Å². The Hall–Kier alpha value is -1.55.